The third-order valence-corrected chi connectivity index (χ3v) is 5.23. The van der Waals surface area contributed by atoms with Crippen LogP contribution >= 0.6 is 0 Å². The fraction of sp³-hybridized carbons (Fsp3) is 0.565. The maximum Gasteiger partial charge on any atom is 0.326 e. The largest absolute Gasteiger partial charge is 0.508 e. The van der Waals surface area contributed by atoms with Crippen molar-refractivity contribution in [2.45, 2.75) is 70.6 Å². The smallest absolute Gasteiger partial charge is 0.326 e. The number of carboxylic acid groups (broad SMARTS) is 1. The molecule has 0 saturated heterocycles. The van der Waals surface area contributed by atoms with Crippen LogP contribution in [0.5, 0.6) is 5.75 Å². The zero-order valence-corrected chi connectivity index (χ0v) is 19.9. The zero-order chi connectivity index (χ0) is 25.8. The third kappa shape index (κ3) is 9.75. The monoisotopic (exact) mass is 479 g/mol. The topological polar surface area (TPSA) is 197 Å². The van der Waals surface area contributed by atoms with Gasteiger partial charge in [0.05, 0.1) is 6.04 Å². The third-order valence-electron chi connectivity index (χ3n) is 5.23. The van der Waals surface area contributed by atoms with Crippen LogP contribution in [0.4, 0.5) is 0 Å². The predicted molar refractivity (Wildman–Crippen MR) is 127 cm³/mol. The van der Waals surface area contributed by atoms with Crippen molar-refractivity contribution in [2.75, 3.05) is 6.54 Å². The van der Waals surface area contributed by atoms with Gasteiger partial charge in [0, 0.05) is 6.42 Å². The lowest BCUT2D eigenvalue weighted by atomic mass is 10.0. The first-order valence-corrected chi connectivity index (χ1v) is 11.3. The highest BCUT2D eigenvalue weighted by atomic mass is 16.4. The van der Waals surface area contributed by atoms with Crippen molar-refractivity contribution < 1.29 is 29.4 Å². The van der Waals surface area contributed by atoms with Crippen LogP contribution in [0.2, 0.25) is 0 Å². The first-order chi connectivity index (χ1) is 16.0. The molecule has 0 spiro atoms. The molecule has 9 N–H and O–H groups in total. The number of hydrogen-bond donors (Lipinski definition) is 7. The molecule has 11 nitrogen and oxygen atoms in total. The minimum atomic E-state index is -1.19. The number of carbonyl (C=O) groups is 4. The number of unbranched alkanes of at least 4 members (excludes halogenated alkanes) is 1. The number of aromatic hydroxyl groups is 1. The van der Waals surface area contributed by atoms with Gasteiger partial charge in [-0.3, -0.25) is 14.4 Å². The molecule has 11 heteroatoms. The summed E-state index contributed by atoms with van der Waals surface area (Å²) >= 11 is 0. The van der Waals surface area contributed by atoms with Crippen LogP contribution in [0, 0.1) is 5.92 Å². The van der Waals surface area contributed by atoms with Crippen LogP contribution in [0.25, 0.3) is 0 Å². The number of hydrogen-bond acceptors (Lipinski definition) is 7. The van der Waals surface area contributed by atoms with Gasteiger partial charge >= 0.3 is 5.97 Å². The van der Waals surface area contributed by atoms with Crippen LogP contribution in [-0.4, -0.2) is 64.6 Å². The molecule has 4 unspecified atom stereocenters. The van der Waals surface area contributed by atoms with Crippen molar-refractivity contribution in [3.63, 3.8) is 0 Å². The number of nitrogens with two attached hydrogens (primary N) is 2. The van der Waals surface area contributed by atoms with E-state index in [1.54, 1.807) is 26.0 Å². The summed E-state index contributed by atoms with van der Waals surface area (Å²) in [7, 11) is 0. The summed E-state index contributed by atoms with van der Waals surface area (Å²) in [6.45, 7) is 5.23. The van der Waals surface area contributed by atoms with E-state index in [-0.39, 0.29) is 18.1 Å². The molecule has 190 valence electrons. The molecule has 0 radical (unpaired) electrons. The van der Waals surface area contributed by atoms with Crippen molar-refractivity contribution in [1.82, 2.24) is 16.0 Å². The van der Waals surface area contributed by atoms with Crippen LogP contribution in [-0.2, 0) is 25.6 Å². The fourth-order valence-electron chi connectivity index (χ4n) is 3.18. The van der Waals surface area contributed by atoms with E-state index in [1.807, 2.05) is 0 Å². The number of amides is 3. The molecule has 0 aromatic heterocycles. The van der Waals surface area contributed by atoms with Gasteiger partial charge < -0.3 is 37.6 Å². The normalized spacial score (nSPS) is 14.5. The van der Waals surface area contributed by atoms with Crippen LogP contribution in [0.3, 0.4) is 0 Å². The van der Waals surface area contributed by atoms with Gasteiger partial charge in [0.2, 0.25) is 17.7 Å². The Balaban J connectivity index is 3.12. The van der Waals surface area contributed by atoms with Crippen molar-refractivity contribution in [3.05, 3.63) is 29.8 Å². The Hall–Kier alpha value is -3.18. The van der Waals surface area contributed by atoms with Crippen molar-refractivity contribution in [3.8, 4) is 5.75 Å². The van der Waals surface area contributed by atoms with Crippen molar-refractivity contribution in [2.24, 2.45) is 17.4 Å². The maximum atomic E-state index is 13.1. The minimum Gasteiger partial charge on any atom is -0.508 e. The predicted octanol–water partition coefficient (Wildman–Crippen LogP) is -0.394. The molecule has 3 amide bonds. The van der Waals surface area contributed by atoms with E-state index < -0.39 is 47.9 Å². The number of carboxylic acids is 1. The minimum absolute atomic E-state index is 0.0399. The number of phenolic OH excluding ortho intramolecular Hbond substituents is 1. The van der Waals surface area contributed by atoms with Crippen molar-refractivity contribution in [1.29, 1.82) is 0 Å². The van der Waals surface area contributed by atoms with Gasteiger partial charge in [-0.15, -0.1) is 0 Å². The van der Waals surface area contributed by atoms with Gasteiger partial charge in [0.15, 0.2) is 0 Å². The van der Waals surface area contributed by atoms with Gasteiger partial charge in [0.25, 0.3) is 0 Å². The Morgan fingerprint density at radius 2 is 1.44 bits per heavy atom. The number of carbonyl (C=O) groups excluding carboxylic acids is 3. The second-order valence-corrected chi connectivity index (χ2v) is 8.63. The van der Waals surface area contributed by atoms with E-state index in [1.165, 1.54) is 19.1 Å². The van der Waals surface area contributed by atoms with E-state index in [2.05, 4.69) is 16.0 Å². The molecular formula is C23H37N5O6. The second-order valence-electron chi connectivity index (χ2n) is 8.63. The molecule has 1 rings (SSSR count). The molecule has 1 aromatic carbocycles. The van der Waals surface area contributed by atoms with Crippen LogP contribution in [0.1, 0.15) is 45.6 Å². The number of aliphatic carboxylic acids is 1. The van der Waals surface area contributed by atoms with Gasteiger partial charge in [-0.05, 0) is 56.3 Å². The summed E-state index contributed by atoms with van der Waals surface area (Å²) in [4.78, 5) is 49.8. The molecule has 1 aromatic rings. The Morgan fingerprint density at radius 3 is 1.94 bits per heavy atom. The lowest BCUT2D eigenvalue weighted by Gasteiger charge is -2.26. The van der Waals surface area contributed by atoms with E-state index in [0.717, 1.165) is 0 Å². The molecule has 0 aliphatic heterocycles. The Bertz CT molecular complexity index is 828. The molecule has 0 bridgehead atoms. The highest BCUT2D eigenvalue weighted by Crippen LogP contribution is 2.13. The summed E-state index contributed by atoms with van der Waals surface area (Å²) in [5, 5.41) is 26.7. The number of nitrogens with one attached hydrogen (secondary N) is 3. The van der Waals surface area contributed by atoms with E-state index in [4.69, 9.17) is 11.5 Å². The van der Waals surface area contributed by atoms with E-state index >= 15 is 0 Å². The summed E-state index contributed by atoms with van der Waals surface area (Å²) in [5.41, 5.74) is 11.8. The van der Waals surface area contributed by atoms with Gasteiger partial charge in [0.1, 0.15) is 23.9 Å². The van der Waals surface area contributed by atoms with E-state index in [9.17, 15) is 29.4 Å². The average Bonchev–Trinajstić information content (AvgIpc) is 2.76. The summed E-state index contributed by atoms with van der Waals surface area (Å²) < 4.78 is 0. The lowest BCUT2D eigenvalue weighted by molar-refractivity contribution is -0.143. The molecular weight excluding hydrogens is 442 g/mol. The summed E-state index contributed by atoms with van der Waals surface area (Å²) in [6, 6.07) is 2.03. The van der Waals surface area contributed by atoms with Gasteiger partial charge in [-0.2, -0.15) is 0 Å². The maximum absolute atomic E-state index is 13.1. The fourth-order valence-corrected chi connectivity index (χ4v) is 3.18. The summed E-state index contributed by atoms with van der Waals surface area (Å²) in [5.74, 6) is -3.33. The first-order valence-electron chi connectivity index (χ1n) is 11.3. The molecule has 4 atom stereocenters. The number of benzene rings is 1. The van der Waals surface area contributed by atoms with Crippen molar-refractivity contribution >= 4 is 23.7 Å². The molecule has 0 heterocycles. The number of rotatable bonds is 14. The lowest BCUT2D eigenvalue weighted by Crippen LogP contribution is -2.58. The van der Waals surface area contributed by atoms with Crippen LogP contribution in [0.15, 0.2) is 24.3 Å². The Labute approximate surface area is 199 Å². The molecule has 0 aliphatic carbocycles. The second kappa shape index (κ2) is 14.2. The highest BCUT2D eigenvalue weighted by molar-refractivity contribution is 5.94. The SMILES string of the molecule is CC(N)C(=O)NC(CCCCN)C(=O)NC(Cc1ccc(O)cc1)C(=O)NC(C(=O)O)C(C)C. The average molecular weight is 480 g/mol. The Morgan fingerprint density at radius 1 is 0.882 bits per heavy atom. The molecule has 0 fully saturated rings. The zero-order valence-electron chi connectivity index (χ0n) is 19.9. The van der Waals surface area contributed by atoms with E-state index in [0.29, 0.717) is 31.4 Å². The Kier molecular flexibility index (Phi) is 12.0. The van der Waals surface area contributed by atoms with Gasteiger partial charge in [-0.25, -0.2) is 4.79 Å². The highest BCUT2D eigenvalue weighted by Gasteiger charge is 2.31. The summed E-state index contributed by atoms with van der Waals surface area (Å²) in [6.07, 6.45) is 1.54. The quantitative estimate of drug-likeness (QED) is 0.175. The number of phenols is 1. The first kappa shape index (κ1) is 28.9. The van der Waals surface area contributed by atoms with Crippen LogP contribution < -0.4 is 27.4 Å². The molecule has 0 aliphatic rings. The van der Waals surface area contributed by atoms with Gasteiger partial charge in [-0.1, -0.05) is 26.0 Å². The molecule has 34 heavy (non-hydrogen) atoms. The molecule has 0 saturated carbocycles. The standard InChI is InChI=1S/C23H37N5O6/c1-13(2)19(23(33)34)28-22(32)18(12-15-7-9-16(29)10-8-15)27-21(31)17(6-4-5-11-24)26-20(30)14(3)25/h7-10,13-14,17-19,29H,4-6,11-12,24-25H2,1-3H3,(H,26,30)(H,27,31)(H,28,32)(H,33,34).